The molecule has 0 bridgehead atoms. The maximum Gasteiger partial charge on any atom is 0.130 e. The summed E-state index contributed by atoms with van der Waals surface area (Å²) in [5, 5.41) is 0. The molecule has 0 aliphatic heterocycles. The minimum Gasteiger partial charge on any atom is -0.457 e. The van der Waals surface area contributed by atoms with Crippen molar-refractivity contribution in [2.75, 3.05) is 0 Å². The smallest absolute Gasteiger partial charge is 0.130 e. The largest absolute Gasteiger partial charge is 0.457 e. The van der Waals surface area contributed by atoms with E-state index in [4.69, 9.17) is 10.5 Å². The molecule has 2 heteroatoms. The van der Waals surface area contributed by atoms with Crippen LogP contribution < -0.4 is 10.5 Å². The third kappa shape index (κ3) is 2.90. The lowest BCUT2D eigenvalue weighted by molar-refractivity contribution is 0.477. The average Bonchev–Trinajstić information content (AvgIpc) is 2.41. The van der Waals surface area contributed by atoms with E-state index in [9.17, 15) is 0 Å². The highest BCUT2D eigenvalue weighted by molar-refractivity contribution is 5.40. The Hall–Kier alpha value is -1.80. The summed E-state index contributed by atoms with van der Waals surface area (Å²) in [5.41, 5.74) is 9.14. The Bertz CT molecular complexity index is 534. The molecule has 0 amide bonds. The molecule has 0 aliphatic rings. The Morgan fingerprint density at radius 3 is 2.61 bits per heavy atom. The van der Waals surface area contributed by atoms with Crippen molar-refractivity contribution in [3.05, 3.63) is 59.2 Å². The standard InChI is InChI=1S/C16H19NO/c1-3-13-5-4-6-15(9-13)18-16-10-14(11-17)8-7-12(16)2/h4-10H,3,11,17H2,1-2H3. The van der Waals surface area contributed by atoms with Gasteiger partial charge in [-0.15, -0.1) is 0 Å². The van der Waals surface area contributed by atoms with Crippen LogP contribution in [-0.4, -0.2) is 0 Å². The number of benzene rings is 2. The second kappa shape index (κ2) is 5.69. The van der Waals surface area contributed by atoms with Crippen LogP contribution in [0.4, 0.5) is 0 Å². The summed E-state index contributed by atoms with van der Waals surface area (Å²) in [6.07, 6.45) is 1.01. The summed E-state index contributed by atoms with van der Waals surface area (Å²) in [5.74, 6) is 1.76. The van der Waals surface area contributed by atoms with E-state index in [0.29, 0.717) is 6.54 Å². The monoisotopic (exact) mass is 241 g/mol. The third-order valence-corrected chi connectivity index (χ3v) is 3.02. The molecule has 2 aromatic rings. The Kier molecular flexibility index (Phi) is 4.00. The highest BCUT2D eigenvalue weighted by Crippen LogP contribution is 2.26. The van der Waals surface area contributed by atoms with E-state index in [1.165, 1.54) is 5.56 Å². The minimum absolute atomic E-state index is 0.533. The number of aryl methyl sites for hydroxylation is 2. The van der Waals surface area contributed by atoms with Gasteiger partial charge in [-0.25, -0.2) is 0 Å². The first-order valence-electron chi connectivity index (χ1n) is 6.29. The highest BCUT2D eigenvalue weighted by Gasteiger charge is 2.03. The average molecular weight is 241 g/mol. The number of rotatable bonds is 4. The molecule has 0 radical (unpaired) electrons. The van der Waals surface area contributed by atoms with Crippen LogP contribution >= 0.6 is 0 Å². The zero-order valence-electron chi connectivity index (χ0n) is 10.9. The summed E-state index contributed by atoms with van der Waals surface area (Å²) < 4.78 is 5.94. The van der Waals surface area contributed by atoms with Gasteiger partial charge in [0.25, 0.3) is 0 Å². The Morgan fingerprint density at radius 2 is 1.89 bits per heavy atom. The molecule has 0 fully saturated rings. The molecule has 0 aromatic heterocycles. The minimum atomic E-state index is 0.533. The van der Waals surface area contributed by atoms with Crippen molar-refractivity contribution in [1.82, 2.24) is 0 Å². The molecule has 0 heterocycles. The van der Waals surface area contributed by atoms with Crippen LogP contribution in [0.3, 0.4) is 0 Å². The predicted molar refractivity (Wildman–Crippen MR) is 75.0 cm³/mol. The lowest BCUT2D eigenvalue weighted by atomic mass is 10.1. The molecule has 0 spiro atoms. The van der Waals surface area contributed by atoms with E-state index >= 15 is 0 Å². The lowest BCUT2D eigenvalue weighted by Crippen LogP contribution is -1.97. The van der Waals surface area contributed by atoms with Crippen LogP contribution in [0.5, 0.6) is 11.5 Å². The van der Waals surface area contributed by atoms with E-state index in [1.807, 2.05) is 37.3 Å². The van der Waals surface area contributed by atoms with Gasteiger partial charge in [-0.2, -0.15) is 0 Å². The zero-order chi connectivity index (χ0) is 13.0. The molecule has 0 atom stereocenters. The summed E-state index contributed by atoms with van der Waals surface area (Å²) in [4.78, 5) is 0. The quantitative estimate of drug-likeness (QED) is 0.883. The fourth-order valence-electron chi connectivity index (χ4n) is 1.84. The van der Waals surface area contributed by atoms with Gasteiger partial charge in [0.15, 0.2) is 0 Å². The molecule has 0 aliphatic carbocycles. The first kappa shape index (κ1) is 12.7. The molecular formula is C16H19NO. The second-order valence-electron chi connectivity index (χ2n) is 4.41. The molecule has 2 aromatic carbocycles. The maximum absolute atomic E-state index is 5.94. The van der Waals surface area contributed by atoms with Crippen LogP contribution in [0, 0.1) is 6.92 Å². The van der Waals surface area contributed by atoms with E-state index in [-0.39, 0.29) is 0 Å². The number of hydrogen-bond donors (Lipinski definition) is 1. The van der Waals surface area contributed by atoms with E-state index in [2.05, 4.69) is 19.1 Å². The van der Waals surface area contributed by atoms with Crippen molar-refractivity contribution in [2.24, 2.45) is 5.73 Å². The Labute approximate surface area is 108 Å². The lowest BCUT2D eigenvalue weighted by Gasteiger charge is -2.11. The van der Waals surface area contributed by atoms with E-state index in [1.54, 1.807) is 0 Å². The van der Waals surface area contributed by atoms with Gasteiger partial charge in [0.1, 0.15) is 11.5 Å². The van der Waals surface area contributed by atoms with Crippen LogP contribution in [0.2, 0.25) is 0 Å². The number of hydrogen-bond acceptors (Lipinski definition) is 2. The molecule has 2 nitrogen and oxygen atoms in total. The SMILES string of the molecule is CCc1cccc(Oc2cc(CN)ccc2C)c1. The van der Waals surface area contributed by atoms with Gasteiger partial charge in [-0.3, -0.25) is 0 Å². The zero-order valence-corrected chi connectivity index (χ0v) is 10.9. The van der Waals surface area contributed by atoms with E-state index in [0.717, 1.165) is 29.0 Å². The van der Waals surface area contributed by atoms with Crippen molar-refractivity contribution in [3.63, 3.8) is 0 Å². The first-order valence-corrected chi connectivity index (χ1v) is 6.29. The molecule has 2 rings (SSSR count). The molecule has 0 saturated carbocycles. The molecule has 0 saturated heterocycles. The van der Waals surface area contributed by atoms with Crippen molar-refractivity contribution < 1.29 is 4.74 Å². The molecule has 18 heavy (non-hydrogen) atoms. The van der Waals surface area contributed by atoms with Crippen LogP contribution in [-0.2, 0) is 13.0 Å². The number of ether oxygens (including phenoxy) is 1. The van der Waals surface area contributed by atoms with Gasteiger partial charge in [0, 0.05) is 6.54 Å². The summed E-state index contributed by atoms with van der Waals surface area (Å²) in [6, 6.07) is 14.3. The molecule has 0 unspecified atom stereocenters. The van der Waals surface area contributed by atoms with Gasteiger partial charge in [0.2, 0.25) is 0 Å². The summed E-state index contributed by atoms with van der Waals surface area (Å²) in [6.45, 7) is 4.71. The van der Waals surface area contributed by atoms with Crippen molar-refractivity contribution in [3.8, 4) is 11.5 Å². The molecule has 94 valence electrons. The van der Waals surface area contributed by atoms with Gasteiger partial charge in [0.05, 0.1) is 0 Å². The Balaban J connectivity index is 2.27. The molecular weight excluding hydrogens is 222 g/mol. The van der Waals surface area contributed by atoms with Gasteiger partial charge in [-0.1, -0.05) is 31.2 Å². The van der Waals surface area contributed by atoms with Gasteiger partial charge < -0.3 is 10.5 Å². The second-order valence-corrected chi connectivity index (χ2v) is 4.41. The van der Waals surface area contributed by atoms with Crippen LogP contribution in [0.1, 0.15) is 23.6 Å². The van der Waals surface area contributed by atoms with Crippen LogP contribution in [0.15, 0.2) is 42.5 Å². The fraction of sp³-hybridized carbons (Fsp3) is 0.250. The van der Waals surface area contributed by atoms with Gasteiger partial charge >= 0.3 is 0 Å². The first-order chi connectivity index (χ1) is 8.72. The van der Waals surface area contributed by atoms with Gasteiger partial charge in [-0.05, 0) is 48.2 Å². The third-order valence-electron chi connectivity index (χ3n) is 3.02. The topological polar surface area (TPSA) is 35.2 Å². The molecule has 2 N–H and O–H groups in total. The summed E-state index contributed by atoms with van der Waals surface area (Å²) in [7, 11) is 0. The fourth-order valence-corrected chi connectivity index (χ4v) is 1.84. The van der Waals surface area contributed by atoms with Crippen LogP contribution in [0.25, 0.3) is 0 Å². The normalized spacial score (nSPS) is 10.4. The highest BCUT2D eigenvalue weighted by atomic mass is 16.5. The van der Waals surface area contributed by atoms with Crippen molar-refractivity contribution in [2.45, 2.75) is 26.8 Å². The van der Waals surface area contributed by atoms with Crippen molar-refractivity contribution >= 4 is 0 Å². The number of nitrogens with two attached hydrogens (primary N) is 1. The Morgan fingerprint density at radius 1 is 1.06 bits per heavy atom. The maximum atomic E-state index is 5.94. The predicted octanol–water partition coefficient (Wildman–Crippen LogP) is 3.81. The summed E-state index contributed by atoms with van der Waals surface area (Å²) >= 11 is 0. The van der Waals surface area contributed by atoms with E-state index < -0.39 is 0 Å². The van der Waals surface area contributed by atoms with Crippen molar-refractivity contribution in [1.29, 1.82) is 0 Å².